The van der Waals surface area contributed by atoms with E-state index in [1.54, 1.807) is 24.3 Å². The molecule has 3 saturated heterocycles. The highest BCUT2D eigenvalue weighted by atomic mass is 32.2. The summed E-state index contributed by atoms with van der Waals surface area (Å²) in [5.74, 6) is -1.23. The highest BCUT2D eigenvalue weighted by molar-refractivity contribution is 8.18. The van der Waals surface area contributed by atoms with Gasteiger partial charge in [-0.1, -0.05) is 12.1 Å². The van der Waals surface area contributed by atoms with Gasteiger partial charge in [0.2, 0.25) is 0 Å². The third-order valence-electron chi connectivity index (χ3n) is 7.92. The van der Waals surface area contributed by atoms with Gasteiger partial charge in [-0.15, -0.1) is 0 Å². The molecule has 6 nitrogen and oxygen atoms in total. The van der Waals surface area contributed by atoms with Crippen molar-refractivity contribution < 1.29 is 27.2 Å². The number of alkyl halides is 3. The number of rotatable bonds is 4. The summed E-state index contributed by atoms with van der Waals surface area (Å²) in [5.41, 5.74) is 0.147. The highest BCUT2D eigenvalue weighted by Gasteiger charge is 2.46. The molecule has 0 aliphatic carbocycles. The number of thioether (sulfide) groups is 1. The van der Waals surface area contributed by atoms with Gasteiger partial charge in [0.05, 0.1) is 28.7 Å². The van der Waals surface area contributed by atoms with Crippen molar-refractivity contribution in [3.05, 3.63) is 70.0 Å². The zero-order chi connectivity index (χ0) is 26.8. The number of carbonyl (C=O) groups excluding carboxylic acids is 2. The van der Waals surface area contributed by atoms with E-state index in [4.69, 9.17) is 0 Å². The van der Waals surface area contributed by atoms with Crippen LogP contribution in [0.25, 0.3) is 17.0 Å². The minimum absolute atomic E-state index is 0.0872. The average molecular weight is 545 g/mol. The lowest BCUT2D eigenvalue weighted by Gasteiger charge is -2.39. The Balaban J connectivity index is 1.23. The third-order valence-corrected chi connectivity index (χ3v) is 8.81. The number of hydrogen-bond acceptors (Lipinski definition) is 5. The Morgan fingerprint density at radius 3 is 2.50 bits per heavy atom. The van der Waals surface area contributed by atoms with Gasteiger partial charge in [-0.05, 0) is 86.0 Å². The first-order valence-electron chi connectivity index (χ1n) is 12.4. The van der Waals surface area contributed by atoms with Gasteiger partial charge in [0.25, 0.3) is 11.1 Å². The van der Waals surface area contributed by atoms with E-state index in [0.29, 0.717) is 39.5 Å². The summed E-state index contributed by atoms with van der Waals surface area (Å²) in [6, 6.07) is 8.54. The Morgan fingerprint density at radius 2 is 1.79 bits per heavy atom. The third kappa shape index (κ3) is 4.41. The first-order chi connectivity index (χ1) is 18.1. The van der Waals surface area contributed by atoms with Crippen molar-refractivity contribution in [2.75, 3.05) is 7.05 Å². The Hall–Kier alpha value is -3.18. The largest absolute Gasteiger partial charge is 0.416 e. The fourth-order valence-corrected chi connectivity index (χ4v) is 6.87. The number of piperidine rings is 1. The van der Waals surface area contributed by atoms with Gasteiger partial charge < -0.3 is 4.90 Å². The molecule has 2 bridgehead atoms. The molecule has 6 rings (SSSR count). The zero-order valence-corrected chi connectivity index (χ0v) is 21.2. The Labute approximate surface area is 220 Å². The maximum absolute atomic E-state index is 13.5. The van der Waals surface area contributed by atoms with E-state index in [9.17, 15) is 27.2 Å². The van der Waals surface area contributed by atoms with Crippen molar-refractivity contribution in [2.24, 2.45) is 0 Å². The minimum atomic E-state index is -4.69. The quantitative estimate of drug-likeness (QED) is 0.302. The van der Waals surface area contributed by atoms with Crippen molar-refractivity contribution >= 4 is 39.9 Å². The molecule has 11 heteroatoms. The normalized spacial score (nSPS) is 25.3. The molecular weight excluding hydrogens is 520 g/mol. The van der Waals surface area contributed by atoms with E-state index in [2.05, 4.69) is 17.0 Å². The minimum Gasteiger partial charge on any atom is -0.300 e. The first-order valence-corrected chi connectivity index (χ1v) is 13.2. The van der Waals surface area contributed by atoms with E-state index in [1.165, 1.54) is 15.8 Å². The lowest BCUT2D eigenvalue weighted by molar-refractivity contribution is -0.138. The molecular formula is C27H24F4N4O2S. The van der Waals surface area contributed by atoms with Crippen LogP contribution in [0.3, 0.4) is 0 Å². The fraction of sp³-hybridized carbons (Fsp3) is 0.370. The predicted molar refractivity (Wildman–Crippen MR) is 136 cm³/mol. The molecule has 0 N–H and O–H groups in total. The van der Waals surface area contributed by atoms with E-state index >= 15 is 0 Å². The molecule has 0 saturated carbocycles. The summed E-state index contributed by atoms with van der Waals surface area (Å²) < 4.78 is 55.2. The number of carbonyl (C=O) groups is 2. The van der Waals surface area contributed by atoms with Gasteiger partial charge in [0.15, 0.2) is 0 Å². The lowest BCUT2D eigenvalue weighted by Crippen LogP contribution is -2.50. The topological polar surface area (TPSA) is 58.4 Å². The fourth-order valence-electron chi connectivity index (χ4n) is 5.97. The maximum Gasteiger partial charge on any atom is 0.416 e. The Morgan fingerprint density at radius 1 is 1.05 bits per heavy atom. The summed E-state index contributed by atoms with van der Waals surface area (Å²) in [6.45, 7) is -0.185. The molecule has 3 aromatic rings. The van der Waals surface area contributed by atoms with Crippen molar-refractivity contribution in [1.82, 2.24) is 19.6 Å². The van der Waals surface area contributed by atoms with Gasteiger partial charge in [-0.3, -0.25) is 19.2 Å². The molecule has 1 aromatic heterocycles. The first kappa shape index (κ1) is 25.1. The maximum atomic E-state index is 13.5. The van der Waals surface area contributed by atoms with Crippen molar-refractivity contribution in [1.29, 1.82) is 0 Å². The summed E-state index contributed by atoms with van der Waals surface area (Å²) in [6.07, 6.45) is 2.30. The van der Waals surface area contributed by atoms with E-state index in [1.807, 2.05) is 0 Å². The monoisotopic (exact) mass is 544 g/mol. The van der Waals surface area contributed by atoms with Crippen LogP contribution in [-0.4, -0.2) is 55.9 Å². The van der Waals surface area contributed by atoms with Crippen LogP contribution in [0.2, 0.25) is 0 Å². The van der Waals surface area contributed by atoms with Crippen molar-refractivity contribution in [3.63, 3.8) is 0 Å². The molecule has 3 fully saturated rings. The van der Waals surface area contributed by atoms with Crippen LogP contribution in [-0.2, 0) is 17.5 Å². The number of halogens is 4. The van der Waals surface area contributed by atoms with Crippen LogP contribution >= 0.6 is 11.8 Å². The molecule has 2 amide bonds. The molecule has 0 radical (unpaired) electrons. The number of hydrogen-bond donors (Lipinski definition) is 0. The summed E-state index contributed by atoms with van der Waals surface area (Å²) >= 11 is 0.938. The summed E-state index contributed by atoms with van der Waals surface area (Å²) in [5, 5.41) is 4.65. The Kier molecular flexibility index (Phi) is 6.10. The van der Waals surface area contributed by atoms with Crippen LogP contribution < -0.4 is 0 Å². The van der Waals surface area contributed by atoms with Gasteiger partial charge in [-0.25, -0.2) is 4.39 Å². The number of benzene rings is 2. The molecule has 4 heterocycles. The van der Waals surface area contributed by atoms with Crippen LogP contribution in [0, 0.1) is 5.82 Å². The van der Waals surface area contributed by atoms with Crippen LogP contribution in [0.15, 0.2) is 47.5 Å². The smallest absolute Gasteiger partial charge is 0.300 e. The molecule has 38 heavy (non-hydrogen) atoms. The van der Waals surface area contributed by atoms with Gasteiger partial charge in [0, 0.05) is 23.5 Å². The standard InChI is InChI=1S/C27H24F4N4O2S/c1-33-19-5-6-20(33)12-21(11-19)35-25(36)24(38-26(35)37)9-15-2-7-23-17(8-15)13-32-34(23)14-16-3-4-18(28)10-22(16)27(29,30)31/h2-4,7-10,13,19-21H,5-6,11-12,14H2,1H3/b24-9-/t19-,20+,21-. The van der Waals surface area contributed by atoms with E-state index in [-0.39, 0.29) is 29.3 Å². The second kappa shape index (κ2) is 9.23. The van der Waals surface area contributed by atoms with Gasteiger partial charge >= 0.3 is 6.18 Å². The number of imide groups is 1. The number of fused-ring (bicyclic) bond motifs is 3. The molecule has 2 aromatic carbocycles. The summed E-state index contributed by atoms with van der Waals surface area (Å²) in [7, 11) is 2.11. The zero-order valence-electron chi connectivity index (χ0n) is 20.4. The molecule has 0 unspecified atom stereocenters. The second-order valence-electron chi connectivity index (χ2n) is 10.1. The van der Waals surface area contributed by atoms with E-state index in [0.717, 1.165) is 49.6 Å². The van der Waals surface area contributed by atoms with Crippen molar-refractivity contribution in [3.8, 4) is 0 Å². The molecule has 3 aliphatic heterocycles. The Bertz CT molecular complexity index is 1470. The lowest BCUT2D eigenvalue weighted by atomic mass is 9.96. The highest BCUT2D eigenvalue weighted by Crippen LogP contribution is 2.41. The van der Waals surface area contributed by atoms with Crippen LogP contribution in [0.4, 0.5) is 22.4 Å². The molecule has 198 valence electrons. The van der Waals surface area contributed by atoms with Gasteiger partial charge in [-0.2, -0.15) is 18.3 Å². The van der Waals surface area contributed by atoms with Crippen molar-refractivity contribution in [2.45, 2.75) is 56.5 Å². The van der Waals surface area contributed by atoms with Gasteiger partial charge in [0.1, 0.15) is 5.82 Å². The van der Waals surface area contributed by atoms with Crippen LogP contribution in [0.1, 0.15) is 42.4 Å². The molecule has 3 atom stereocenters. The molecule has 0 spiro atoms. The molecule has 3 aliphatic rings. The van der Waals surface area contributed by atoms with Crippen LogP contribution in [0.5, 0.6) is 0 Å². The predicted octanol–water partition coefficient (Wildman–Crippen LogP) is 5.90. The van der Waals surface area contributed by atoms with E-state index < -0.39 is 17.6 Å². The SMILES string of the molecule is CN1[C@@H]2CC[C@H]1C[C@H](N1C(=O)S/C(=C\c3ccc4c(cnn4Cc4ccc(F)cc4C(F)(F)F)c3)C1=O)C2. The second-order valence-corrected chi connectivity index (χ2v) is 11.1. The number of aromatic nitrogens is 2. The number of amides is 2. The summed E-state index contributed by atoms with van der Waals surface area (Å²) in [4.78, 5) is 30.2. The number of nitrogens with zero attached hydrogens (tertiary/aromatic N) is 4. The average Bonchev–Trinajstić information content (AvgIpc) is 3.43.